The smallest absolute Gasteiger partial charge is 0.255 e. The van der Waals surface area contributed by atoms with Crippen LogP contribution in [0.2, 0.25) is 0 Å². The molecule has 1 saturated heterocycles. The number of nitrogens with one attached hydrogen (secondary N) is 1. The summed E-state index contributed by atoms with van der Waals surface area (Å²) in [7, 11) is 3.25. The molecular formula is C23H28N4O4. The van der Waals surface area contributed by atoms with Crippen LogP contribution in [0.1, 0.15) is 12.5 Å². The number of benzene rings is 2. The number of carbonyl (C=O) groups is 3. The van der Waals surface area contributed by atoms with E-state index in [2.05, 4.69) is 5.32 Å². The third kappa shape index (κ3) is 5.21. The second kappa shape index (κ2) is 10.1. The maximum Gasteiger partial charge on any atom is 0.255 e. The van der Waals surface area contributed by atoms with Crippen LogP contribution in [-0.4, -0.2) is 67.6 Å². The number of likely N-dealkylation sites (N-methyl/N-ethyl adjacent to an activating group) is 1. The van der Waals surface area contributed by atoms with Gasteiger partial charge in [0.15, 0.2) is 0 Å². The number of nitrogens with zero attached hydrogens (tertiary/aromatic N) is 3. The Morgan fingerprint density at radius 3 is 2.39 bits per heavy atom. The molecule has 1 aliphatic heterocycles. The van der Waals surface area contributed by atoms with Crippen LogP contribution in [-0.2, 0) is 20.8 Å². The van der Waals surface area contributed by atoms with Gasteiger partial charge >= 0.3 is 0 Å². The van der Waals surface area contributed by atoms with Gasteiger partial charge in [-0.3, -0.25) is 14.4 Å². The quantitative estimate of drug-likeness (QED) is 0.728. The van der Waals surface area contributed by atoms with Crippen LogP contribution in [0.4, 0.5) is 5.69 Å². The summed E-state index contributed by atoms with van der Waals surface area (Å²) in [6.45, 7) is 2.39. The van der Waals surface area contributed by atoms with Crippen LogP contribution >= 0.6 is 0 Å². The number of hydrazine groups is 1. The molecule has 0 saturated carbocycles. The largest absolute Gasteiger partial charge is 0.497 e. The standard InChI is InChI=1S/C23H28N4O4/c1-17(28)27(26-14-13-24-16-22(26)29)21(15-18-7-5-4-6-8-18)23(30)25(2)19-9-11-20(31-3)12-10-19/h4-12,21,24H,13-16H2,1-3H3/t21-/m0/s1. The zero-order valence-corrected chi connectivity index (χ0v) is 18.1. The van der Waals surface area contributed by atoms with Crippen molar-refractivity contribution in [3.63, 3.8) is 0 Å². The van der Waals surface area contributed by atoms with Crippen molar-refractivity contribution in [1.82, 2.24) is 15.3 Å². The van der Waals surface area contributed by atoms with Gasteiger partial charge in [0.2, 0.25) is 5.91 Å². The van der Waals surface area contributed by atoms with Crippen molar-refractivity contribution in [2.24, 2.45) is 0 Å². The third-order valence-electron chi connectivity index (χ3n) is 5.29. The van der Waals surface area contributed by atoms with Gasteiger partial charge in [0.05, 0.1) is 20.2 Å². The van der Waals surface area contributed by atoms with Gasteiger partial charge in [-0.1, -0.05) is 30.3 Å². The Labute approximate surface area is 182 Å². The van der Waals surface area contributed by atoms with E-state index in [0.29, 0.717) is 24.5 Å². The SMILES string of the molecule is COc1ccc(N(C)C(=O)[C@H](Cc2ccccc2)N(C(C)=O)N2CCNCC2=O)cc1. The molecule has 0 aromatic heterocycles. The zero-order chi connectivity index (χ0) is 22.4. The van der Waals surface area contributed by atoms with Crippen LogP contribution < -0.4 is 15.0 Å². The molecule has 1 fully saturated rings. The molecule has 3 rings (SSSR count). The van der Waals surface area contributed by atoms with Crippen molar-refractivity contribution in [3.05, 3.63) is 60.2 Å². The maximum atomic E-state index is 13.6. The molecule has 1 heterocycles. The summed E-state index contributed by atoms with van der Waals surface area (Å²) < 4.78 is 5.19. The van der Waals surface area contributed by atoms with Gasteiger partial charge in [0.25, 0.3) is 11.8 Å². The first-order valence-electron chi connectivity index (χ1n) is 10.2. The van der Waals surface area contributed by atoms with E-state index < -0.39 is 6.04 Å². The summed E-state index contributed by atoms with van der Waals surface area (Å²) in [6.07, 6.45) is 0.289. The first-order valence-corrected chi connectivity index (χ1v) is 10.2. The highest BCUT2D eigenvalue weighted by atomic mass is 16.5. The van der Waals surface area contributed by atoms with Crippen LogP contribution in [0.15, 0.2) is 54.6 Å². The van der Waals surface area contributed by atoms with E-state index in [0.717, 1.165) is 5.56 Å². The lowest BCUT2D eigenvalue weighted by Gasteiger charge is -2.42. The number of amides is 3. The average Bonchev–Trinajstić information content (AvgIpc) is 2.79. The number of piperazine rings is 1. The zero-order valence-electron chi connectivity index (χ0n) is 18.1. The van der Waals surface area contributed by atoms with Crippen LogP contribution in [0.3, 0.4) is 0 Å². The van der Waals surface area contributed by atoms with Gasteiger partial charge in [0, 0.05) is 32.6 Å². The molecule has 2 aromatic carbocycles. The monoisotopic (exact) mass is 424 g/mol. The Morgan fingerprint density at radius 2 is 1.81 bits per heavy atom. The van der Waals surface area contributed by atoms with Gasteiger partial charge in [0.1, 0.15) is 11.8 Å². The van der Waals surface area contributed by atoms with Crippen molar-refractivity contribution in [3.8, 4) is 5.75 Å². The van der Waals surface area contributed by atoms with Gasteiger partial charge in [-0.25, -0.2) is 10.0 Å². The van der Waals surface area contributed by atoms with Crippen molar-refractivity contribution < 1.29 is 19.1 Å². The molecule has 1 atom stereocenters. The average molecular weight is 425 g/mol. The molecule has 1 aliphatic rings. The number of ether oxygens (including phenoxy) is 1. The minimum absolute atomic E-state index is 0.129. The number of methoxy groups -OCH3 is 1. The number of carbonyl (C=O) groups excluding carboxylic acids is 3. The lowest BCUT2D eigenvalue weighted by Crippen LogP contribution is -2.63. The number of rotatable bonds is 7. The molecule has 8 heteroatoms. The summed E-state index contributed by atoms with van der Waals surface area (Å²) in [4.78, 5) is 40.4. The first-order chi connectivity index (χ1) is 14.9. The Morgan fingerprint density at radius 1 is 1.13 bits per heavy atom. The number of anilines is 1. The van der Waals surface area contributed by atoms with E-state index in [4.69, 9.17) is 4.74 Å². The van der Waals surface area contributed by atoms with Gasteiger partial charge in [-0.15, -0.1) is 0 Å². The van der Waals surface area contributed by atoms with Gasteiger partial charge in [-0.2, -0.15) is 0 Å². The molecule has 31 heavy (non-hydrogen) atoms. The van der Waals surface area contributed by atoms with E-state index >= 15 is 0 Å². The lowest BCUT2D eigenvalue weighted by atomic mass is 10.0. The minimum Gasteiger partial charge on any atom is -0.497 e. The Balaban J connectivity index is 1.96. The highest BCUT2D eigenvalue weighted by Gasteiger charge is 2.37. The molecule has 0 spiro atoms. The van der Waals surface area contributed by atoms with Crippen molar-refractivity contribution >= 4 is 23.4 Å². The molecule has 0 radical (unpaired) electrons. The Bertz CT molecular complexity index is 917. The van der Waals surface area contributed by atoms with E-state index in [1.807, 2.05) is 30.3 Å². The fourth-order valence-electron chi connectivity index (χ4n) is 3.65. The normalized spacial score (nSPS) is 14.7. The predicted molar refractivity (Wildman–Crippen MR) is 117 cm³/mol. The van der Waals surface area contributed by atoms with Crippen molar-refractivity contribution in [2.45, 2.75) is 19.4 Å². The van der Waals surface area contributed by atoms with Gasteiger partial charge in [-0.05, 0) is 29.8 Å². The summed E-state index contributed by atoms with van der Waals surface area (Å²) in [5.74, 6) is -0.190. The molecular weight excluding hydrogens is 396 g/mol. The molecule has 2 aromatic rings. The molecule has 8 nitrogen and oxygen atoms in total. The van der Waals surface area contributed by atoms with E-state index in [1.54, 1.807) is 38.4 Å². The van der Waals surface area contributed by atoms with E-state index in [9.17, 15) is 14.4 Å². The molecule has 0 aliphatic carbocycles. The highest BCUT2D eigenvalue weighted by molar-refractivity contribution is 5.99. The summed E-state index contributed by atoms with van der Waals surface area (Å²) in [5, 5.41) is 5.71. The molecule has 1 N–H and O–H groups in total. The fourth-order valence-corrected chi connectivity index (χ4v) is 3.65. The predicted octanol–water partition coefficient (Wildman–Crippen LogP) is 1.46. The maximum absolute atomic E-state index is 13.6. The molecule has 164 valence electrons. The summed E-state index contributed by atoms with van der Waals surface area (Å²) in [6, 6.07) is 15.7. The number of hydrogen-bond acceptors (Lipinski definition) is 5. The third-order valence-corrected chi connectivity index (χ3v) is 5.29. The summed E-state index contributed by atoms with van der Waals surface area (Å²) >= 11 is 0. The molecule has 3 amide bonds. The van der Waals surface area contributed by atoms with Gasteiger partial charge < -0.3 is 15.0 Å². The molecule has 0 unspecified atom stereocenters. The Kier molecular flexibility index (Phi) is 7.25. The Hall–Kier alpha value is -3.39. The lowest BCUT2D eigenvalue weighted by molar-refractivity contribution is -0.171. The topological polar surface area (TPSA) is 82.2 Å². The number of hydrogen-bond donors (Lipinski definition) is 1. The highest BCUT2D eigenvalue weighted by Crippen LogP contribution is 2.22. The van der Waals surface area contributed by atoms with E-state index in [-0.39, 0.29) is 30.7 Å². The van der Waals surface area contributed by atoms with Crippen LogP contribution in [0.25, 0.3) is 0 Å². The summed E-state index contributed by atoms with van der Waals surface area (Å²) in [5.41, 5.74) is 1.57. The second-order valence-electron chi connectivity index (χ2n) is 7.36. The minimum atomic E-state index is -0.867. The fraction of sp³-hybridized carbons (Fsp3) is 0.348. The first kappa shape index (κ1) is 22.3. The second-order valence-corrected chi connectivity index (χ2v) is 7.36. The van der Waals surface area contributed by atoms with Crippen molar-refractivity contribution in [2.75, 3.05) is 38.7 Å². The van der Waals surface area contributed by atoms with Crippen LogP contribution in [0, 0.1) is 0 Å². The molecule has 0 bridgehead atoms. The van der Waals surface area contributed by atoms with Crippen molar-refractivity contribution in [1.29, 1.82) is 0 Å². The van der Waals surface area contributed by atoms with Crippen LogP contribution in [0.5, 0.6) is 5.75 Å². The van der Waals surface area contributed by atoms with E-state index in [1.165, 1.54) is 21.8 Å².